The van der Waals surface area contributed by atoms with Crippen molar-refractivity contribution in [2.75, 3.05) is 12.1 Å². The lowest BCUT2D eigenvalue weighted by molar-refractivity contribution is 0.131. The van der Waals surface area contributed by atoms with Crippen molar-refractivity contribution in [3.8, 4) is 17.2 Å². The number of rotatable bonds is 3. The fourth-order valence-electron chi connectivity index (χ4n) is 2.56. The van der Waals surface area contributed by atoms with Crippen LogP contribution in [0, 0.1) is 0 Å². The van der Waals surface area contributed by atoms with E-state index in [2.05, 4.69) is 15.3 Å². The second kappa shape index (κ2) is 5.33. The Bertz CT molecular complexity index is 838. The molecule has 2 aromatic carbocycles. The third kappa shape index (κ3) is 2.95. The van der Waals surface area contributed by atoms with E-state index in [4.69, 9.17) is 14.2 Å². The minimum absolute atomic E-state index is 0.210. The van der Waals surface area contributed by atoms with Crippen molar-refractivity contribution in [3.05, 3.63) is 36.4 Å². The van der Waals surface area contributed by atoms with Crippen molar-refractivity contribution in [3.63, 3.8) is 0 Å². The van der Waals surface area contributed by atoms with Crippen LogP contribution in [0.2, 0.25) is 0 Å². The fourth-order valence-corrected chi connectivity index (χ4v) is 2.56. The molecule has 124 valence electrons. The number of ether oxygens (including phenoxy) is 3. The van der Waals surface area contributed by atoms with Gasteiger partial charge in [0.2, 0.25) is 12.7 Å². The number of benzene rings is 2. The Labute approximate surface area is 139 Å². The molecule has 2 heterocycles. The summed E-state index contributed by atoms with van der Waals surface area (Å²) in [6.07, 6.45) is 0. The van der Waals surface area contributed by atoms with Gasteiger partial charge in [-0.3, -0.25) is 0 Å². The zero-order valence-corrected chi connectivity index (χ0v) is 13.8. The van der Waals surface area contributed by atoms with Gasteiger partial charge in [0.15, 0.2) is 11.5 Å². The van der Waals surface area contributed by atoms with E-state index in [1.54, 1.807) is 0 Å². The van der Waals surface area contributed by atoms with Crippen molar-refractivity contribution in [2.24, 2.45) is 0 Å². The lowest BCUT2D eigenvalue weighted by Crippen LogP contribution is -2.22. The second-order valence-corrected chi connectivity index (χ2v) is 6.67. The number of aromatic nitrogens is 2. The summed E-state index contributed by atoms with van der Waals surface area (Å²) in [7, 11) is 0. The van der Waals surface area contributed by atoms with Gasteiger partial charge in [0.05, 0.1) is 11.0 Å². The van der Waals surface area contributed by atoms with Crippen LogP contribution >= 0.6 is 0 Å². The highest BCUT2D eigenvalue weighted by Crippen LogP contribution is 2.35. The van der Waals surface area contributed by atoms with E-state index in [1.807, 2.05) is 57.2 Å². The second-order valence-electron chi connectivity index (χ2n) is 6.67. The highest BCUT2D eigenvalue weighted by atomic mass is 16.7. The number of hydrogen-bond acceptors (Lipinski definition) is 5. The maximum Gasteiger partial charge on any atom is 0.231 e. The van der Waals surface area contributed by atoms with Gasteiger partial charge in [0.25, 0.3) is 0 Å². The standard InChI is InChI=1S/C18H19N3O3/c1-18(2,3)24-12-6-4-11(5-7-12)19-17-20-13-8-15-16(23-10-22-15)9-14(13)21-17/h4-9H,10H2,1-3H3,(H2,19,20,21). The van der Waals surface area contributed by atoms with Gasteiger partial charge < -0.3 is 24.5 Å². The monoisotopic (exact) mass is 325 g/mol. The molecule has 6 heteroatoms. The summed E-state index contributed by atoms with van der Waals surface area (Å²) in [5.74, 6) is 2.96. The Morgan fingerprint density at radius 2 is 1.79 bits per heavy atom. The zero-order chi connectivity index (χ0) is 16.7. The molecule has 0 spiro atoms. The van der Waals surface area contributed by atoms with Gasteiger partial charge in [-0.25, -0.2) is 4.98 Å². The summed E-state index contributed by atoms with van der Waals surface area (Å²) < 4.78 is 16.6. The number of H-pyrrole nitrogens is 1. The van der Waals surface area contributed by atoms with Gasteiger partial charge in [0, 0.05) is 17.8 Å². The Morgan fingerprint density at radius 1 is 1.08 bits per heavy atom. The molecular formula is C18H19N3O3. The Balaban J connectivity index is 1.54. The quantitative estimate of drug-likeness (QED) is 0.755. The zero-order valence-electron chi connectivity index (χ0n) is 13.8. The number of nitrogens with zero attached hydrogens (tertiary/aromatic N) is 1. The molecule has 0 atom stereocenters. The molecule has 0 saturated heterocycles. The molecule has 24 heavy (non-hydrogen) atoms. The molecule has 4 rings (SSSR count). The highest BCUT2D eigenvalue weighted by Gasteiger charge is 2.16. The van der Waals surface area contributed by atoms with Gasteiger partial charge in [-0.15, -0.1) is 0 Å². The first-order valence-corrected chi connectivity index (χ1v) is 7.82. The third-order valence-electron chi connectivity index (χ3n) is 3.52. The highest BCUT2D eigenvalue weighted by molar-refractivity contribution is 5.82. The summed E-state index contributed by atoms with van der Waals surface area (Å²) in [5, 5.41) is 3.25. The van der Waals surface area contributed by atoms with E-state index < -0.39 is 0 Å². The molecule has 0 bridgehead atoms. The number of hydrogen-bond donors (Lipinski definition) is 2. The fraction of sp³-hybridized carbons (Fsp3) is 0.278. The van der Waals surface area contributed by atoms with Crippen molar-refractivity contribution < 1.29 is 14.2 Å². The van der Waals surface area contributed by atoms with Crippen LogP contribution in [0.1, 0.15) is 20.8 Å². The van der Waals surface area contributed by atoms with E-state index in [1.165, 1.54) is 0 Å². The maximum atomic E-state index is 5.82. The van der Waals surface area contributed by atoms with Crippen LogP contribution in [-0.2, 0) is 0 Å². The molecule has 1 aliphatic rings. The van der Waals surface area contributed by atoms with Gasteiger partial charge in [-0.2, -0.15) is 0 Å². The molecule has 1 aromatic heterocycles. The first-order valence-electron chi connectivity index (χ1n) is 7.82. The number of fused-ring (bicyclic) bond motifs is 2. The third-order valence-corrected chi connectivity index (χ3v) is 3.52. The van der Waals surface area contributed by atoms with Crippen molar-refractivity contribution in [1.82, 2.24) is 9.97 Å². The molecular weight excluding hydrogens is 306 g/mol. The smallest absolute Gasteiger partial charge is 0.231 e. The van der Waals surface area contributed by atoms with E-state index in [-0.39, 0.29) is 12.4 Å². The van der Waals surface area contributed by atoms with Crippen LogP contribution in [0.15, 0.2) is 36.4 Å². The van der Waals surface area contributed by atoms with E-state index in [0.29, 0.717) is 5.95 Å². The van der Waals surface area contributed by atoms with Crippen LogP contribution in [0.25, 0.3) is 11.0 Å². The summed E-state index contributed by atoms with van der Waals surface area (Å²) in [6, 6.07) is 11.6. The topological polar surface area (TPSA) is 68.4 Å². The molecule has 0 fully saturated rings. The Hall–Kier alpha value is -2.89. The SMILES string of the molecule is CC(C)(C)Oc1ccc(Nc2nc3cc4c(cc3[nH]2)OCO4)cc1. The van der Waals surface area contributed by atoms with Crippen LogP contribution in [0.3, 0.4) is 0 Å². The van der Waals surface area contributed by atoms with Crippen LogP contribution in [-0.4, -0.2) is 22.4 Å². The summed E-state index contributed by atoms with van der Waals surface area (Å²) in [6.45, 7) is 6.34. The first-order chi connectivity index (χ1) is 11.5. The van der Waals surface area contributed by atoms with Gasteiger partial charge in [-0.1, -0.05) is 0 Å². The van der Waals surface area contributed by atoms with Gasteiger partial charge >= 0.3 is 0 Å². The van der Waals surface area contributed by atoms with Gasteiger partial charge in [-0.05, 0) is 45.0 Å². The molecule has 0 unspecified atom stereocenters. The summed E-state index contributed by atoms with van der Waals surface area (Å²) in [5.41, 5.74) is 2.44. The van der Waals surface area contributed by atoms with E-state index >= 15 is 0 Å². The molecule has 2 N–H and O–H groups in total. The van der Waals surface area contributed by atoms with Crippen molar-refractivity contribution >= 4 is 22.7 Å². The van der Waals surface area contributed by atoms with Crippen LogP contribution < -0.4 is 19.5 Å². The van der Waals surface area contributed by atoms with E-state index in [9.17, 15) is 0 Å². The molecule has 0 amide bonds. The van der Waals surface area contributed by atoms with Crippen molar-refractivity contribution in [2.45, 2.75) is 26.4 Å². The number of anilines is 2. The number of nitrogens with one attached hydrogen (secondary N) is 2. The molecule has 6 nitrogen and oxygen atoms in total. The number of imidazole rings is 1. The predicted molar refractivity (Wildman–Crippen MR) is 92.3 cm³/mol. The normalized spacial score (nSPS) is 13.3. The predicted octanol–water partition coefficient (Wildman–Crippen LogP) is 4.21. The summed E-state index contributed by atoms with van der Waals surface area (Å²) in [4.78, 5) is 7.77. The average molecular weight is 325 g/mol. The van der Waals surface area contributed by atoms with Crippen LogP contribution in [0.4, 0.5) is 11.6 Å². The molecule has 1 aliphatic heterocycles. The van der Waals surface area contributed by atoms with E-state index in [0.717, 1.165) is 34.0 Å². The van der Waals surface area contributed by atoms with Crippen molar-refractivity contribution in [1.29, 1.82) is 0 Å². The summed E-state index contributed by atoms with van der Waals surface area (Å²) >= 11 is 0. The average Bonchev–Trinajstić information content (AvgIpc) is 3.10. The van der Waals surface area contributed by atoms with Gasteiger partial charge in [0.1, 0.15) is 11.4 Å². The first kappa shape index (κ1) is 14.7. The largest absolute Gasteiger partial charge is 0.488 e. The Kier molecular flexibility index (Phi) is 3.26. The maximum absolute atomic E-state index is 5.82. The molecule has 0 radical (unpaired) electrons. The Morgan fingerprint density at radius 3 is 2.50 bits per heavy atom. The lowest BCUT2D eigenvalue weighted by Gasteiger charge is -2.21. The van der Waals surface area contributed by atoms with Crippen LogP contribution in [0.5, 0.6) is 17.2 Å². The minimum Gasteiger partial charge on any atom is -0.488 e. The molecule has 0 saturated carbocycles. The molecule has 0 aliphatic carbocycles. The number of aromatic amines is 1. The lowest BCUT2D eigenvalue weighted by atomic mass is 10.2. The minimum atomic E-state index is -0.210. The molecule has 3 aromatic rings.